The van der Waals surface area contributed by atoms with Crippen LogP contribution in [0.2, 0.25) is 5.02 Å². The quantitative estimate of drug-likeness (QED) is 0.408. The van der Waals surface area contributed by atoms with Gasteiger partial charge in [0.15, 0.2) is 5.75 Å². The predicted octanol–water partition coefficient (Wildman–Crippen LogP) is 5.99. The van der Waals surface area contributed by atoms with Crippen LogP contribution in [0.15, 0.2) is 60.9 Å². The molecular formula is C22H18ClN3OS. The number of anilines is 1. The summed E-state index contributed by atoms with van der Waals surface area (Å²) in [5.74, 6) is 0.626. The van der Waals surface area contributed by atoms with Crippen LogP contribution in [0.5, 0.6) is 5.75 Å². The number of nitrogens with zero attached hydrogens (tertiary/aromatic N) is 1. The molecule has 6 heteroatoms. The fourth-order valence-corrected chi connectivity index (χ4v) is 3.75. The third-order valence-corrected chi connectivity index (χ3v) is 5.42. The van der Waals surface area contributed by atoms with Crippen LogP contribution < -0.4 is 10.1 Å². The van der Waals surface area contributed by atoms with E-state index in [0.717, 1.165) is 44.0 Å². The third-order valence-electron chi connectivity index (χ3n) is 4.70. The highest BCUT2D eigenvalue weighted by Crippen LogP contribution is 2.37. The summed E-state index contributed by atoms with van der Waals surface area (Å²) in [6, 6.07) is 15.9. The number of halogens is 1. The number of hydrogen-bond acceptors (Lipinski definition) is 3. The van der Waals surface area contributed by atoms with E-state index in [9.17, 15) is 0 Å². The summed E-state index contributed by atoms with van der Waals surface area (Å²) in [5, 5.41) is 5.08. The molecule has 2 aromatic heterocycles. The predicted molar refractivity (Wildman–Crippen MR) is 120 cm³/mol. The van der Waals surface area contributed by atoms with Crippen molar-refractivity contribution in [3.05, 3.63) is 77.2 Å². The SMILES string of the molecule is COc1cnccc1NC(=S)c1[nH]c2ccc(Cl)c(C)c2c1-c1ccccc1. The summed E-state index contributed by atoms with van der Waals surface area (Å²) >= 11 is 12.2. The number of pyridine rings is 1. The van der Waals surface area contributed by atoms with Crippen molar-refractivity contribution in [1.82, 2.24) is 9.97 Å². The fourth-order valence-electron chi connectivity index (χ4n) is 3.33. The second-order valence-electron chi connectivity index (χ2n) is 6.37. The van der Waals surface area contributed by atoms with E-state index in [1.807, 2.05) is 43.3 Å². The van der Waals surface area contributed by atoms with Crippen LogP contribution in [0.1, 0.15) is 11.3 Å². The van der Waals surface area contributed by atoms with Crippen LogP contribution in [-0.4, -0.2) is 22.1 Å². The Morgan fingerprint density at radius 2 is 1.93 bits per heavy atom. The molecule has 140 valence electrons. The van der Waals surface area contributed by atoms with Gasteiger partial charge in [-0.1, -0.05) is 54.2 Å². The number of fused-ring (bicyclic) bond motifs is 1. The van der Waals surface area contributed by atoms with Gasteiger partial charge in [0, 0.05) is 27.7 Å². The molecule has 4 aromatic rings. The third kappa shape index (κ3) is 3.23. The summed E-state index contributed by atoms with van der Waals surface area (Å²) in [6.45, 7) is 2.02. The van der Waals surface area contributed by atoms with Gasteiger partial charge in [-0.2, -0.15) is 0 Å². The largest absolute Gasteiger partial charge is 0.493 e. The first-order valence-electron chi connectivity index (χ1n) is 8.75. The molecule has 2 heterocycles. The molecule has 28 heavy (non-hydrogen) atoms. The minimum atomic E-state index is 0.565. The fraction of sp³-hybridized carbons (Fsp3) is 0.0909. The van der Waals surface area contributed by atoms with Crippen molar-refractivity contribution in [2.24, 2.45) is 0 Å². The molecule has 0 saturated heterocycles. The lowest BCUT2D eigenvalue weighted by Crippen LogP contribution is -2.13. The van der Waals surface area contributed by atoms with E-state index < -0.39 is 0 Å². The zero-order valence-corrected chi connectivity index (χ0v) is 17.0. The van der Waals surface area contributed by atoms with E-state index in [1.165, 1.54) is 0 Å². The Kier molecular flexibility index (Phi) is 5.03. The van der Waals surface area contributed by atoms with Gasteiger partial charge in [0.25, 0.3) is 0 Å². The minimum Gasteiger partial charge on any atom is -0.493 e. The molecule has 0 atom stereocenters. The van der Waals surface area contributed by atoms with Crippen molar-refractivity contribution in [1.29, 1.82) is 0 Å². The zero-order chi connectivity index (χ0) is 19.7. The number of aryl methyl sites for hydroxylation is 1. The van der Waals surface area contributed by atoms with Gasteiger partial charge in [-0.25, -0.2) is 0 Å². The molecule has 0 aliphatic carbocycles. The van der Waals surface area contributed by atoms with E-state index in [1.54, 1.807) is 19.5 Å². The maximum atomic E-state index is 6.42. The maximum Gasteiger partial charge on any atom is 0.160 e. The first kappa shape index (κ1) is 18.5. The molecule has 0 spiro atoms. The lowest BCUT2D eigenvalue weighted by Gasteiger charge is -2.12. The van der Waals surface area contributed by atoms with Crippen LogP contribution in [-0.2, 0) is 0 Å². The smallest absolute Gasteiger partial charge is 0.160 e. The van der Waals surface area contributed by atoms with Crippen molar-refractivity contribution in [3.8, 4) is 16.9 Å². The van der Waals surface area contributed by atoms with Crippen LogP contribution >= 0.6 is 23.8 Å². The summed E-state index contributed by atoms with van der Waals surface area (Å²) in [5.41, 5.74) is 5.70. The molecule has 0 unspecified atom stereocenters. The lowest BCUT2D eigenvalue weighted by atomic mass is 9.99. The summed E-state index contributed by atoms with van der Waals surface area (Å²) in [6.07, 6.45) is 3.35. The first-order chi connectivity index (χ1) is 13.6. The first-order valence-corrected chi connectivity index (χ1v) is 9.54. The van der Waals surface area contributed by atoms with Gasteiger partial charge in [0.05, 0.1) is 24.7 Å². The number of ether oxygens (including phenoxy) is 1. The van der Waals surface area contributed by atoms with Crippen LogP contribution in [0.4, 0.5) is 5.69 Å². The summed E-state index contributed by atoms with van der Waals surface area (Å²) < 4.78 is 5.38. The molecule has 0 bridgehead atoms. The second kappa shape index (κ2) is 7.62. The molecule has 2 N–H and O–H groups in total. The maximum absolute atomic E-state index is 6.42. The highest BCUT2D eigenvalue weighted by Gasteiger charge is 2.20. The number of rotatable bonds is 4. The Bertz CT molecular complexity index is 1170. The van der Waals surface area contributed by atoms with Gasteiger partial charge in [-0.3, -0.25) is 4.98 Å². The Hall–Kier alpha value is -2.89. The molecule has 0 amide bonds. The minimum absolute atomic E-state index is 0.565. The van der Waals surface area contributed by atoms with Crippen molar-refractivity contribution in [2.45, 2.75) is 6.92 Å². The Morgan fingerprint density at radius 3 is 2.68 bits per heavy atom. The van der Waals surface area contributed by atoms with Crippen LogP contribution in [0.3, 0.4) is 0 Å². The lowest BCUT2D eigenvalue weighted by molar-refractivity contribution is 0.415. The molecule has 0 fully saturated rings. The molecule has 4 rings (SSSR count). The van der Waals surface area contributed by atoms with Gasteiger partial charge in [0.2, 0.25) is 0 Å². The van der Waals surface area contributed by atoms with E-state index in [-0.39, 0.29) is 0 Å². The summed E-state index contributed by atoms with van der Waals surface area (Å²) in [4.78, 5) is 8.12. The van der Waals surface area contributed by atoms with Crippen LogP contribution in [0.25, 0.3) is 22.0 Å². The molecule has 0 aliphatic rings. The Morgan fingerprint density at radius 1 is 1.14 bits per heavy atom. The molecular weight excluding hydrogens is 390 g/mol. The molecule has 4 nitrogen and oxygen atoms in total. The van der Waals surface area contributed by atoms with Gasteiger partial charge < -0.3 is 15.0 Å². The van der Waals surface area contributed by atoms with E-state index in [2.05, 4.69) is 27.4 Å². The van der Waals surface area contributed by atoms with E-state index in [4.69, 9.17) is 28.6 Å². The standard InChI is InChI=1S/C22H18ClN3OS/c1-13-15(23)8-9-17-19(13)20(14-6-4-3-5-7-14)21(25-17)22(28)26-16-10-11-24-12-18(16)27-2/h3-12,25H,1-2H3,(H,24,26,28). The normalized spacial score (nSPS) is 10.8. The number of H-pyrrole nitrogens is 1. The number of benzene rings is 2. The number of aromatic amines is 1. The Labute approximate surface area is 173 Å². The Balaban J connectivity index is 1.89. The number of thiocarbonyl (C=S) groups is 1. The van der Waals surface area contributed by atoms with Crippen LogP contribution in [0, 0.1) is 6.92 Å². The molecule has 2 aromatic carbocycles. The average Bonchev–Trinajstić information content (AvgIpc) is 3.12. The molecule has 0 aliphatic heterocycles. The van der Waals surface area contributed by atoms with Crippen molar-refractivity contribution in [3.63, 3.8) is 0 Å². The van der Waals surface area contributed by atoms with Crippen molar-refractivity contribution >= 4 is 45.4 Å². The number of methoxy groups -OCH3 is 1. The highest BCUT2D eigenvalue weighted by atomic mass is 35.5. The van der Waals surface area contributed by atoms with E-state index in [0.29, 0.717) is 10.7 Å². The van der Waals surface area contributed by atoms with Gasteiger partial charge in [-0.05, 0) is 36.2 Å². The monoisotopic (exact) mass is 407 g/mol. The highest BCUT2D eigenvalue weighted by molar-refractivity contribution is 7.81. The topological polar surface area (TPSA) is 49.9 Å². The number of hydrogen-bond donors (Lipinski definition) is 2. The average molecular weight is 408 g/mol. The molecule has 0 radical (unpaired) electrons. The van der Waals surface area contributed by atoms with Crippen molar-refractivity contribution < 1.29 is 4.74 Å². The molecule has 0 saturated carbocycles. The van der Waals surface area contributed by atoms with Crippen molar-refractivity contribution in [2.75, 3.05) is 12.4 Å². The zero-order valence-electron chi connectivity index (χ0n) is 15.4. The van der Waals surface area contributed by atoms with E-state index >= 15 is 0 Å². The number of nitrogens with one attached hydrogen (secondary N) is 2. The van der Waals surface area contributed by atoms with Gasteiger partial charge in [0.1, 0.15) is 4.99 Å². The van der Waals surface area contributed by atoms with Gasteiger partial charge in [-0.15, -0.1) is 0 Å². The van der Waals surface area contributed by atoms with Gasteiger partial charge >= 0.3 is 0 Å². The number of aromatic nitrogens is 2. The second-order valence-corrected chi connectivity index (χ2v) is 7.18. The summed E-state index contributed by atoms with van der Waals surface area (Å²) in [7, 11) is 1.61.